The van der Waals surface area contributed by atoms with Gasteiger partial charge in [0.1, 0.15) is 0 Å². The van der Waals surface area contributed by atoms with Gasteiger partial charge >= 0.3 is 0 Å². The molecule has 0 saturated carbocycles. The molecule has 0 heterocycles. The standard InChI is InChI=1S/C20H36O2/c1-15(19(2,3)4)8-7-11-20(5,6)18-10-9-16(13-21)17(12-18)14-22/h8,10,16-17,21-22H,7,9,11-14H2,1-6H3/b15-8+. The van der Waals surface area contributed by atoms with E-state index in [9.17, 15) is 10.2 Å². The first-order valence-corrected chi connectivity index (χ1v) is 8.70. The molecule has 22 heavy (non-hydrogen) atoms. The van der Waals surface area contributed by atoms with E-state index in [-0.39, 0.29) is 35.9 Å². The van der Waals surface area contributed by atoms with Gasteiger partial charge in [-0.05, 0) is 55.3 Å². The third kappa shape index (κ3) is 5.24. The van der Waals surface area contributed by atoms with Crippen molar-refractivity contribution < 1.29 is 10.2 Å². The zero-order valence-electron chi connectivity index (χ0n) is 15.4. The highest BCUT2D eigenvalue weighted by Gasteiger charge is 2.31. The van der Waals surface area contributed by atoms with Gasteiger partial charge in [-0.3, -0.25) is 0 Å². The highest BCUT2D eigenvalue weighted by molar-refractivity contribution is 5.17. The molecule has 128 valence electrons. The van der Waals surface area contributed by atoms with E-state index in [4.69, 9.17) is 0 Å². The minimum Gasteiger partial charge on any atom is -0.396 e. The summed E-state index contributed by atoms with van der Waals surface area (Å²) in [5, 5.41) is 19.0. The van der Waals surface area contributed by atoms with Crippen LogP contribution in [0.5, 0.6) is 0 Å². The fourth-order valence-electron chi connectivity index (χ4n) is 3.12. The molecule has 0 bridgehead atoms. The van der Waals surface area contributed by atoms with Crippen LogP contribution in [0.4, 0.5) is 0 Å². The van der Waals surface area contributed by atoms with E-state index in [1.54, 1.807) is 0 Å². The number of aliphatic hydroxyl groups is 2. The first-order valence-electron chi connectivity index (χ1n) is 8.70. The van der Waals surface area contributed by atoms with Crippen molar-refractivity contribution in [3.05, 3.63) is 23.3 Å². The Bertz CT molecular complexity index is 410. The second-order valence-corrected chi connectivity index (χ2v) is 8.61. The third-order valence-corrected chi connectivity index (χ3v) is 5.56. The Morgan fingerprint density at radius 3 is 2.23 bits per heavy atom. The monoisotopic (exact) mass is 308 g/mol. The molecule has 2 nitrogen and oxygen atoms in total. The number of hydrogen-bond acceptors (Lipinski definition) is 2. The van der Waals surface area contributed by atoms with E-state index in [2.05, 4.69) is 53.7 Å². The summed E-state index contributed by atoms with van der Waals surface area (Å²) >= 11 is 0. The summed E-state index contributed by atoms with van der Waals surface area (Å²) in [6, 6.07) is 0. The average Bonchev–Trinajstić information content (AvgIpc) is 2.45. The Hall–Kier alpha value is -0.600. The minimum atomic E-state index is 0.169. The van der Waals surface area contributed by atoms with Gasteiger partial charge in [-0.25, -0.2) is 0 Å². The summed E-state index contributed by atoms with van der Waals surface area (Å²) in [4.78, 5) is 0. The van der Waals surface area contributed by atoms with Gasteiger partial charge in [-0.2, -0.15) is 0 Å². The Balaban J connectivity index is 2.69. The first-order chi connectivity index (χ1) is 10.1. The summed E-state index contributed by atoms with van der Waals surface area (Å²) in [7, 11) is 0. The third-order valence-electron chi connectivity index (χ3n) is 5.56. The second-order valence-electron chi connectivity index (χ2n) is 8.61. The molecule has 0 aromatic carbocycles. The van der Waals surface area contributed by atoms with E-state index in [0.717, 1.165) is 25.7 Å². The Kier molecular flexibility index (Phi) is 6.88. The molecule has 2 N–H and O–H groups in total. The Morgan fingerprint density at radius 2 is 1.73 bits per heavy atom. The van der Waals surface area contributed by atoms with Crippen LogP contribution in [0.25, 0.3) is 0 Å². The van der Waals surface area contributed by atoms with Crippen LogP contribution in [-0.4, -0.2) is 23.4 Å². The van der Waals surface area contributed by atoms with Crippen molar-refractivity contribution in [2.24, 2.45) is 22.7 Å². The fraction of sp³-hybridized carbons (Fsp3) is 0.800. The quantitative estimate of drug-likeness (QED) is 0.697. The van der Waals surface area contributed by atoms with Gasteiger partial charge in [0.2, 0.25) is 0 Å². The van der Waals surface area contributed by atoms with Crippen molar-refractivity contribution in [2.75, 3.05) is 13.2 Å². The fourth-order valence-corrected chi connectivity index (χ4v) is 3.12. The lowest BCUT2D eigenvalue weighted by Gasteiger charge is -2.36. The number of aliphatic hydroxyl groups excluding tert-OH is 2. The zero-order valence-corrected chi connectivity index (χ0v) is 15.4. The number of allylic oxidation sites excluding steroid dienone is 4. The van der Waals surface area contributed by atoms with Gasteiger partial charge in [0.25, 0.3) is 0 Å². The highest BCUT2D eigenvalue weighted by atomic mass is 16.3. The maximum absolute atomic E-state index is 9.57. The topological polar surface area (TPSA) is 40.5 Å². The molecule has 0 spiro atoms. The first kappa shape index (κ1) is 19.4. The maximum atomic E-state index is 9.57. The molecule has 0 fully saturated rings. The van der Waals surface area contributed by atoms with E-state index < -0.39 is 0 Å². The highest BCUT2D eigenvalue weighted by Crippen LogP contribution is 2.41. The van der Waals surface area contributed by atoms with Crippen molar-refractivity contribution >= 4 is 0 Å². The van der Waals surface area contributed by atoms with Crippen LogP contribution in [-0.2, 0) is 0 Å². The maximum Gasteiger partial charge on any atom is 0.0465 e. The average molecular weight is 309 g/mol. The van der Waals surface area contributed by atoms with Gasteiger partial charge in [-0.15, -0.1) is 0 Å². The van der Waals surface area contributed by atoms with Crippen molar-refractivity contribution in [1.82, 2.24) is 0 Å². The number of hydrogen-bond donors (Lipinski definition) is 2. The molecule has 2 heteroatoms. The molecule has 2 unspecified atom stereocenters. The molecule has 0 aromatic rings. The van der Waals surface area contributed by atoms with Crippen molar-refractivity contribution in [2.45, 2.75) is 67.2 Å². The molecule has 2 atom stereocenters. The predicted molar refractivity (Wildman–Crippen MR) is 94.7 cm³/mol. The molecule has 0 aromatic heterocycles. The van der Waals surface area contributed by atoms with Crippen LogP contribution in [0.2, 0.25) is 0 Å². The summed E-state index contributed by atoms with van der Waals surface area (Å²) in [5.41, 5.74) is 3.33. The van der Waals surface area contributed by atoms with Crippen LogP contribution >= 0.6 is 0 Å². The van der Waals surface area contributed by atoms with Gasteiger partial charge in [0.05, 0.1) is 0 Å². The second kappa shape index (κ2) is 7.79. The van der Waals surface area contributed by atoms with Crippen LogP contribution in [0.3, 0.4) is 0 Å². The molecular weight excluding hydrogens is 272 g/mol. The van der Waals surface area contributed by atoms with Gasteiger partial charge in [-0.1, -0.05) is 57.9 Å². The van der Waals surface area contributed by atoms with E-state index in [1.807, 2.05) is 0 Å². The van der Waals surface area contributed by atoms with Gasteiger partial charge in [0, 0.05) is 13.2 Å². The molecule has 1 aliphatic rings. The lowest BCUT2D eigenvalue weighted by molar-refractivity contribution is 0.109. The number of rotatable bonds is 6. The minimum absolute atomic E-state index is 0.169. The Labute approximate surface area is 137 Å². The summed E-state index contributed by atoms with van der Waals surface area (Å²) < 4.78 is 0. The zero-order chi connectivity index (χ0) is 17.0. The molecule has 0 saturated heterocycles. The van der Waals surface area contributed by atoms with Crippen molar-refractivity contribution in [3.63, 3.8) is 0 Å². The summed E-state index contributed by atoms with van der Waals surface area (Å²) in [6.45, 7) is 14.0. The van der Waals surface area contributed by atoms with E-state index in [0.29, 0.717) is 0 Å². The van der Waals surface area contributed by atoms with E-state index in [1.165, 1.54) is 11.1 Å². The van der Waals surface area contributed by atoms with Crippen LogP contribution in [0.1, 0.15) is 67.2 Å². The van der Waals surface area contributed by atoms with E-state index >= 15 is 0 Å². The Morgan fingerprint density at radius 1 is 1.14 bits per heavy atom. The van der Waals surface area contributed by atoms with Crippen molar-refractivity contribution in [1.29, 1.82) is 0 Å². The molecule has 0 radical (unpaired) electrons. The van der Waals surface area contributed by atoms with Crippen molar-refractivity contribution in [3.8, 4) is 0 Å². The molecule has 0 amide bonds. The predicted octanol–water partition coefficient (Wildman–Crippen LogP) is 4.72. The van der Waals surface area contributed by atoms with Gasteiger partial charge < -0.3 is 10.2 Å². The lowest BCUT2D eigenvalue weighted by Crippen LogP contribution is -2.29. The largest absolute Gasteiger partial charge is 0.396 e. The molecular formula is C20H36O2. The summed E-state index contributed by atoms with van der Waals surface area (Å²) in [5.74, 6) is 0.448. The molecule has 1 aliphatic carbocycles. The molecule has 1 rings (SSSR count). The van der Waals surface area contributed by atoms with Crippen LogP contribution < -0.4 is 0 Å². The summed E-state index contributed by atoms with van der Waals surface area (Å²) in [6.07, 6.45) is 8.75. The van der Waals surface area contributed by atoms with Gasteiger partial charge in [0.15, 0.2) is 0 Å². The van der Waals surface area contributed by atoms with Crippen LogP contribution in [0, 0.1) is 22.7 Å². The smallest absolute Gasteiger partial charge is 0.0465 e. The normalized spacial score (nSPS) is 24.4. The molecule has 0 aliphatic heterocycles. The van der Waals surface area contributed by atoms with Crippen LogP contribution in [0.15, 0.2) is 23.3 Å². The lowest BCUT2D eigenvalue weighted by atomic mass is 9.70. The SMILES string of the molecule is C/C(=C\CCC(C)(C)C1=CCC(CO)C(CO)C1)C(C)(C)C.